The van der Waals surface area contributed by atoms with Crippen LogP contribution in [0.1, 0.15) is 16.7 Å². The Morgan fingerprint density at radius 1 is 1.05 bits per heavy atom. The average molecular weight is 323 g/mol. The van der Waals surface area contributed by atoms with Crippen molar-refractivity contribution in [1.82, 2.24) is 0 Å². The van der Waals surface area contributed by atoms with Crippen molar-refractivity contribution in [3.63, 3.8) is 0 Å². The molecule has 1 N–H and O–H groups in total. The van der Waals surface area contributed by atoms with Crippen LogP contribution in [0.4, 0.5) is 0 Å². The molecule has 21 heavy (non-hydrogen) atoms. The second-order valence-corrected chi connectivity index (χ2v) is 6.00. The number of hydrogen-bond acceptors (Lipinski definition) is 1. The van der Waals surface area contributed by atoms with Gasteiger partial charge in [-0.3, -0.25) is 4.79 Å². The molecule has 2 rings (SSSR count). The third kappa shape index (κ3) is 4.48. The highest BCUT2D eigenvalue weighted by atomic mass is 35.5. The van der Waals surface area contributed by atoms with Gasteiger partial charge in [-0.25, -0.2) is 0 Å². The SMILES string of the molecule is Cc1cccc(CC(Cc2ccc(Cl)c(Cl)c2)C(=O)O)c1. The molecule has 0 aliphatic heterocycles. The third-order valence-corrected chi connectivity index (χ3v) is 4.12. The molecule has 0 heterocycles. The Bertz CT molecular complexity index is 653. The van der Waals surface area contributed by atoms with E-state index in [2.05, 4.69) is 0 Å². The van der Waals surface area contributed by atoms with E-state index in [1.165, 1.54) is 0 Å². The van der Waals surface area contributed by atoms with Gasteiger partial charge in [0.15, 0.2) is 0 Å². The molecule has 1 unspecified atom stereocenters. The maximum atomic E-state index is 11.5. The van der Waals surface area contributed by atoms with Gasteiger partial charge in [-0.1, -0.05) is 59.1 Å². The minimum absolute atomic E-state index is 0.431. The summed E-state index contributed by atoms with van der Waals surface area (Å²) < 4.78 is 0. The molecule has 2 nitrogen and oxygen atoms in total. The summed E-state index contributed by atoms with van der Waals surface area (Å²) in [5, 5.41) is 10.4. The van der Waals surface area contributed by atoms with Crippen LogP contribution in [-0.4, -0.2) is 11.1 Å². The largest absolute Gasteiger partial charge is 0.481 e. The molecule has 0 fully saturated rings. The molecule has 0 saturated carbocycles. The molecular formula is C17H16Cl2O2. The van der Waals surface area contributed by atoms with Crippen molar-refractivity contribution in [2.45, 2.75) is 19.8 Å². The Morgan fingerprint density at radius 2 is 1.71 bits per heavy atom. The molecule has 2 aromatic carbocycles. The molecule has 1 atom stereocenters. The van der Waals surface area contributed by atoms with E-state index in [4.69, 9.17) is 23.2 Å². The molecule has 4 heteroatoms. The van der Waals surface area contributed by atoms with Crippen molar-refractivity contribution in [1.29, 1.82) is 0 Å². The second-order valence-electron chi connectivity index (χ2n) is 5.18. The smallest absolute Gasteiger partial charge is 0.307 e. The number of halogens is 2. The minimum Gasteiger partial charge on any atom is -0.481 e. The van der Waals surface area contributed by atoms with Gasteiger partial charge in [0.05, 0.1) is 16.0 Å². The van der Waals surface area contributed by atoms with Crippen LogP contribution < -0.4 is 0 Å². The van der Waals surface area contributed by atoms with Gasteiger partial charge in [-0.2, -0.15) is 0 Å². The van der Waals surface area contributed by atoms with Gasteiger partial charge in [0.2, 0.25) is 0 Å². The fourth-order valence-electron chi connectivity index (χ4n) is 2.32. The number of aliphatic carboxylic acids is 1. The first-order valence-corrected chi connectivity index (χ1v) is 7.43. The Hall–Kier alpha value is -1.51. The van der Waals surface area contributed by atoms with Crippen LogP contribution in [0.25, 0.3) is 0 Å². The fraction of sp³-hybridized carbons (Fsp3) is 0.235. The van der Waals surface area contributed by atoms with Gasteiger partial charge in [-0.05, 0) is 43.0 Å². The highest BCUT2D eigenvalue weighted by Crippen LogP contribution is 2.25. The summed E-state index contributed by atoms with van der Waals surface area (Å²) in [5.74, 6) is -1.29. The van der Waals surface area contributed by atoms with E-state index in [-0.39, 0.29) is 0 Å². The van der Waals surface area contributed by atoms with E-state index < -0.39 is 11.9 Å². The maximum Gasteiger partial charge on any atom is 0.307 e. The van der Waals surface area contributed by atoms with Crippen molar-refractivity contribution < 1.29 is 9.90 Å². The number of carbonyl (C=O) groups is 1. The molecule has 2 aromatic rings. The molecular weight excluding hydrogens is 307 g/mol. The van der Waals surface area contributed by atoms with Crippen molar-refractivity contribution in [3.05, 3.63) is 69.2 Å². The standard InChI is InChI=1S/C17H16Cl2O2/c1-11-3-2-4-12(7-11)8-14(17(20)21)9-13-5-6-15(18)16(19)10-13/h2-7,10,14H,8-9H2,1H3,(H,20,21). The molecule has 0 saturated heterocycles. The predicted octanol–water partition coefficient (Wildman–Crippen LogP) is 4.79. The van der Waals surface area contributed by atoms with Gasteiger partial charge in [0.1, 0.15) is 0 Å². The molecule has 0 amide bonds. The van der Waals surface area contributed by atoms with E-state index in [0.717, 1.165) is 16.7 Å². The van der Waals surface area contributed by atoms with Crippen LogP contribution >= 0.6 is 23.2 Å². The highest BCUT2D eigenvalue weighted by molar-refractivity contribution is 6.42. The summed E-state index contributed by atoms with van der Waals surface area (Å²) in [6.45, 7) is 2.00. The normalized spacial score (nSPS) is 12.1. The highest BCUT2D eigenvalue weighted by Gasteiger charge is 2.19. The lowest BCUT2D eigenvalue weighted by atomic mass is 9.92. The number of carboxylic acids is 1. The minimum atomic E-state index is -0.803. The van der Waals surface area contributed by atoms with Crippen LogP contribution in [0.5, 0.6) is 0 Å². The van der Waals surface area contributed by atoms with Crippen LogP contribution in [0, 0.1) is 12.8 Å². The first kappa shape index (κ1) is 15.9. The number of carboxylic acid groups (broad SMARTS) is 1. The summed E-state index contributed by atoms with van der Waals surface area (Å²) >= 11 is 11.9. The summed E-state index contributed by atoms with van der Waals surface area (Å²) in [7, 11) is 0. The van der Waals surface area contributed by atoms with Crippen LogP contribution in [-0.2, 0) is 17.6 Å². The summed E-state index contributed by atoms with van der Waals surface area (Å²) in [5.41, 5.74) is 3.04. The Morgan fingerprint density at radius 3 is 2.29 bits per heavy atom. The van der Waals surface area contributed by atoms with Crippen molar-refractivity contribution in [2.75, 3.05) is 0 Å². The number of aryl methyl sites for hydroxylation is 1. The van der Waals surface area contributed by atoms with E-state index >= 15 is 0 Å². The van der Waals surface area contributed by atoms with Gasteiger partial charge in [-0.15, -0.1) is 0 Å². The lowest BCUT2D eigenvalue weighted by molar-refractivity contribution is -0.141. The zero-order valence-corrected chi connectivity index (χ0v) is 13.2. The first-order valence-electron chi connectivity index (χ1n) is 6.68. The van der Waals surface area contributed by atoms with Gasteiger partial charge in [0, 0.05) is 0 Å². The second kappa shape index (κ2) is 6.97. The summed E-state index contributed by atoms with van der Waals surface area (Å²) in [6, 6.07) is 13.2. The molecule has 0 aliphatic carbocycles. The molecule has 0 bridgehead atoms. The topological polar surface area (TPSA) is 37.3 Å². The lowest BCUT2D eigenvalue weighted by Crippen LogP contribution is -2.19. The van der Waals surface area contributed by atoms with Crippen LogP contribution in [0.15, 0.2) is 42.5 Å². The number of benzene rings is 2. The Kier molecular flexibility index (Phi) is 5.27. The summed E-state index contributed by atoms with van der Waals surface area (Å²) in [4.78, 5) is 11.5. The predicted molar refractivity (Wildman–Crippen MR) is 86.2 cm³/mol. The van der Waals surface area contributed by atoms with Gasteiger partial charge < -0.3 is 5.11 Å². The molecule has 110 valence electrons. The maximum absolute atomic E-state index is 11.5. The lowest BCUT2D eigenvalue weighted by Gasteiger charge is -2.13. The van der Waals surface area contributed by atoms with E-state index in [1.54, 1.807) is 12.1 Å². The Balaban J connectivity index is 2.15. The molecule has 0 radical (unpaired) electrons. The fourth-order valence-corrected chi connectivity index (χ4v) is 2.64. The monoisotopic (exact) mass is 322 g/mol. The summed E-state index contributed by atoms with van der Waals surface area (Å²) in [6.07, 6.45) is 0.928. The van der Waals surface area contributed by atoms with Gasteiger partial charge >= 0.3 is 5.97 Å². The number of rotatable bonds is 5. The molecule has 0 aromatic heterocycles. The van der Waals surface area contributed by atoms with E-state index in [0.29, 0.717) is 22.9 Å². The number of hydrogen-bond donors (Lipinski definition) is 1. The van der Waals surface area contributed by atoms with Crippen LogP contribution in [0.2, 0.25) is 10.0 Å². The average Bonchev–Trinajstić information content (AvgIpc) is 2.42. The third-order valence-electron chi connectivity index (χ3n) is 3.38. The van der Waals surface area contributed by atoms with E-state index in [9.17, 15) is 9.90 Å². The van der Waals surface area contributed by atoms with Crippen LogP contribution in [0.3, 0.4) is 0 Å². The zero-order chi connectivity index (χ0) is 15.4. The van der Waals surface area contributed by atoms with Crippen molar-refractivity contribution >= 4 is 29.2 Å². The molecule has 0 spiro atoms. The van der Waals surface area contributed by atoms with Crippen molar-refractivity contribution in [2.24, 2.45) is 5.92 Å². The van der Waals surface area contributed by atoms with Gasteiger partial charge in [0.25, 0.3) is 0 Å². The molecule has 0 aliphatic rings. The van der Waals surface area contributed by atoms with Crippen molar-refractivity contribution in [3.8, 4) is 0 Å². The Labute approximate surface area is 134 Å². The zero-order valence-electron chi connectivity index (χ0n) is 11.6. The quantitative estimate of drug-likeness (QED) is 0.859. The first-order chi connectivity index (χ1) is 9.95. The van der Waals surface area contributed by atoms with E-state index in [1.807, 2.05) is 37.3 Å².